The van der Waals surface area contributed by atoms with E-state index < -0.39 is 0 Å². The molecule has 3 heterocycles. The van der Waals surface area contributed by atoms with Crippen molar-refractivity contribution in [1.29, 1.82) is 0 Å². The van der Waals surface area contributed by atoms with E-state index in [4.69, 9.17) is 27.9 Å². The molecular weight excluding hydrogens is 371 g/mol. The first-order chi connectivity index (χ1) is 11.7. The van der Waals surface area contributed by atoms with Gasteiger partial charge in [0, 0.05) is 28.7 Å². The maximum Gasteiger partial charge on any atom is 0.230 e. The van der Waals surface area contributed by atoms with Gasteiger partial charge in [0.15, 0.2) is 0 Å². The predicted molar refractivity (Wildman–Crippen MR) is 93.2 cm³/mol. The number of hydrogen-bond acceptors (Lipinski definition) is 6. The van der Waals surface area contributed by atoms with E-state index in [1.165, 1.54) is 22.2 Å². The molecular formula is C15H14Cl2N4O2S. The highest BCUT2D eigenvalue weighted by Gasteiger charge is 2.32. The van der Waals surface area contributed by atoms with Gasteiger partial charge in [0.2, 0.25) is 10.8 Å². The molecule has 1 unspecified atom stereocenters. The molecule has 0 amide bonds. The molecule has 0 aliphatic carbocycles. The first-order valence-electron chi connectivity index (χ1n) is 7.44. The third-order valence-corrected chi connectivity index (χ3v) is 5.82. The molecule has 0 radical (unpaired) electrons. The number of nitrogens with zero attached hydrogens (tertiary/aromatic N) is 4. The Morgan fingerprint density at radius 1 is 1.21 bits per heavy atom. The summed E-state index contributed by atoms with van der Waals surface area (Å²) in [6.45, 7) is 2.69. The van der Waals surface area contributed by atoms with Crippen molar-refractivity contribution in [1.82, 2.24) is 19.5 Å². The number of fused-ring (bicyclic) bond motifs is 1. The molecule has 2 aromatic heterocycles. The first-order valence-corrected chi connectivity index (χ1v) is 9.01. The Morgan fingerprint density at radius 2 is 1.92 bits per heavy atom. The third-order valence-electron chi connectivity index (χ3n) is 4.07. The summed E-state index contributed by atoms with van der Waals surface area (Å²) >= 11 is 14.3. The standard InChI is InChI=1S/C15H14Cl2N4O2S/c16-9-2-1-3-10(17)11(9)12(20-4-6-23-7-5-20)13-14(22)21-15(24-13)18-8-19-21/h1-3,8,12,22H,4-7H2. The molecule has 1 aromatic carbocycles. The van der Waals surface area contributed by atoms with Gasteiger partial charge in [-0.05, 0) is 12.1 Å². The SMILES string of the molecule is Oc1c(C(c2c(Cl)cccc2Cl)N2CCOCC2)sc2ncnn12. The van der Waals surface area contributed by atoms with Gasteiger partial charge in [-0.3, -0.25) is 4.90 Å². The summed E-state index contributed by atoms with van der Waals surface area (Å²) in [7, 11) is 0. The fourth-order valence-corrected chi connectivity index (χ4v) is 4.64. The molecule has 4 rings (SSSR count). The minimum absolute atomic E-state index is 0.0694. The number of rotatable bonds is 3. The number of ether oxygens (including phenoxy) is 1. The Labute approximate surface area is 152 Å². The highest BCUT2D eigenvalue weighted by molar-refractivity contribution is 7.17. The van der Waals surface area contributed by atoms with Gasteiger partial charge in [0.1, 0.15) is 6.33 Å². The molecule has 0 spiro atoms. The fraction of sp³-hybridized carbons (Fsp3) is 0.333. The van der Waals surface area contributed by atoms with Crippen LogP contribution in [0.2, 0.25) is 10.0 Å². The Balaban J connectivity index is 1.89. The van der Waals surface area contributed by atoms with Crippen molar-refractivity contribution in [2.75, 3.05) is 26.3 Å². The number of hydrogen-bond donors (Lipinski definition) is 1. The summed E-state index contributed by atoms with van der Waals surface area (Å²) in [5.74, 6) is 0.0694. The highest BCUT2D eigenvalue weighted by Crippen LogP contribution is 2.44. The van der Waals surface area contributed by atoms with E-state index in [1.807, 2.05) is 18.2 Å². The Morgan fingerprint density at radius 3 is 2.58 bits per heavy atom. The van der Waals surface area contributed by atoms with E-state index in [9.17, 15) is 5.11 Å². The van der Waals surface area contributed by atoms with Crippen LogP contribution in [0.3, 0.4) is 0 Å². The van der Waals surface area contributed by atoms with Crippen LogP contribution in [0.1, 0.15) is 16.5 Å². The fourth-order valence-electron chi connectivity index (χ4n) is 2.96. The van der Waals surface area contributed by atoms with E-state index in [0.717, 1.165) is 23.5 Å². The van der Waals surface area contributed by atoms with Gasteiger partial charge in [-0.25, -0.2) is 4.98 Å². The van der Waals surface area contributed by atoms with Crippen molar-refractivity contribution in [2.24, 2.45) is 0 Å². The first kappa shape index (κ1) is 16.1. The largest absolute Gasteiger partial charge is 0.492 e. The summed E-state index contributed by atoms with van der Waals surface area (Å²) < 4.78 is 6.89. The van der Waals surface area contributed by atoms with Crippen LogP contribution in [-0.4, -0.2) is 50.9 Å². The van der Waals surface area contributed by atoms with Crippen LogP contribution in [0, 0.1) is 0 Å². The second-order valence-corrected chi connectivity index (χ2v) is 7.25. The molecule has 6 nitrogen and oxygen atoms in total. The molecule has 1 fully saturated rings. The minimum atomic E-state index is -0.274. The van der Waals surface area contributed by atoms with Crippen molar-refractivity contribution in [2.45, 2.75) is 6.04 Å². The monoisotopic (exact) mass is 384 g/mol. The van der Waals surface area contributed by atoms with Crippen LogP contribution in [0.4, 0.5) is 0 Å². The van der Waals surface area contributed by atoms with Crippen LogP contribution in [-0.2, 0) is 4.74 Å². The Hall–Kier alpha value is -1.38. The second-order valence-electron chi connectivity index (χ2n) is 5.43. The molecule has 0 bridgehead atoms. The summed E-state index contributed by atoms with van der Waals surface area (Å²) in [5, 5.41) is 15.8. The molecule has 9 heteroatoms. The topological polar surface area (TPSA) is 62.9 Å². The lowest BCUT2D eigenvalue weighted by atomic mass is 10.0. The molecule has 1 atom stereocenters. The summed E-state index contributed by atoms with van der Waals surface area (Å²) in [4.78, 5) is 7.73. The van der Waals surface area contributed by atoms with Gasteiger partial charge in [0.05, 0.1) is 24.1 Å². The van der Waals surface area contributed by atoms with Gasteiger partial charge in [0.25, 0.3) is 0 Å². The quantitative estimate of drug-likeness (QED) is 0.750. The number of aromatic nitrogens is 3. The lowest BCUT2D eigenvalue weighted by Gasteiger charge is -2.34. The third kappa shape index (κ3) is 2.66. The molecule has 3 aromatic rings. The number of halogens is 2. The Kier molecular flexibility index (Phi) is 4.36. The van der Waals surface area contributed by atoms with Crippen LogP contribution in [0.25, 0.3) is 4.96 Å². The minimum Gasteiger partial charge on any atom is -0.492 e. The second kappa shape index (κ2) is 6.50. The molecule has 1 aliphatic rings. The van der Waals surface area contributed by atoms with Crippen molar-refractivity contribution in [3.05, 3.63) is 45.0 Å². The van der Waals surface area contributed by atoms with Crippen molar-refractivity contribution in [3.8, 4) is 5.88 Å². The molecule has 24 heavy (non-hydrogen) atoms. The maximum atomic E-state index is 10.6. The average Bonchev–Trinajstić information content (AvgIpc) is 3.16. The van der Waals surface area contributed by atoms with Crippen LogP contribution >= 0.6 is 34.5 Å². The van der Waals surface area contributed by atoms with Gasteiger partial charge in [-0.1, -0.05) is 40.6 Å². The smallest absolute Gasteiger partial charge is 0.230 e. The van der Waals surface area contributed by atoms with Gasteiger partial charge in [-0.15, -0.1) is 0 Å². The highest BCUT2D eigenvalue weighted by atomic mass is 35.5. The van der Waals surface area contributed by atoms with Gasteiger partial charge >= 0.3 is 0 Å². The number of benzene rings is 1. The summed E-state index contributed by atoms with van der Waals surface area (Å²) in [6, 6.07) is 5.16. The lowest BCUT2D eigenvalue weighted by molar-refractivity contribution is 0.0241. The van der Waals surface area contributed by atoms with E-state index in [2.05, 4.69) is 15.0 Å². The predicted octanol–water partition coefficient (Wildman–Crippen LogP) is 3.22. The van der Waals surface area contributed by atoms with E-state index in [0.29, 0.717) is 28.2 Å². The average molecular weight is 385 g/mol. The number of aromatic hydroxyl groups is 1. The number of thiazole rings is 1. The molecule has 1 aliphatic heterocycles. The zero-order valence-corrected chi connectivity index (χ0v) is 14.9. The van der Waals surface area contributed by atoms with Crippen molar-refractivity contribution in [3.63, 3.8) is 0 Å². The normalized spacial score (nSPS) is 17.4. The summed E-state index contributed by atoms with van der Waals surface area (Å²) in [5.41, 5.74) is 0.780. The van der Waals surface area contributed by atoms with Crippen molar-refractivity contribution >= 4 is 39.5 Å². The molecule has 1 N–H and O–H groups in total. The van der Waals surface area contributed by atoms with E-state index in [1.54, 1.807) is 0 Å². The lowest BCUT2D eigenvalue weighted by Crippen LogP contribution is -2.39. The molecule has 0 saturated carbocycles. The maximum absolute atomic E-state index is 10.6. The summed E-state index contributed by atoms with van der Waals surface area (Å²) in [6.07, 6.45) is 1.42. The molecule has 126 valence electrons. The van der Waals surface area contributed by atoms with Crippen LogP contribution in [0.15, 0.2) is 24.5 Å². The van der Waals surface area contributed by atoms with E-state index >= 15 is 0 Å². The van der Waals surface area contributed by atoms with E-state index in [-0.39, 0.29) is 11.9 Å². The zero-order valence-electron chi connectivity index (χ0n) is 12.5. The number of morpholine rings is 1. The van der Waals surface area contributed by atoms with Crippen molar-refractivity contribution < 1.29 is 9.84 Å². The van der Waals surface area contributed by atoms with Gasteiger partial charge < -0.3 is 9.84 Å². The molecule has 1 saturated heterocycles. The van der Waals surface area contributed by atoms with Gasteiger partial charge in [-0.2, -0.15) is 9.61 Å². The van der Waals surface area contributed by atoms with Crippen LogP contribution < -0.4 is 0 Å². The Bertz CT molecular complexity index is 855. The van der Waals surface area contributed by atoms with Crippen LogP contribution in [0.5, 0.6) is 5.88 Å². The zero-order chi connectivity index (χ0) is 16.7.